The van der Waals surface area contributed by atoms with Crippen LogP contribution in [0.1, 0.15) is 251 Å². The second kappa shape index (κ2) is 50.9. The first-order valence-corrected chi connectivity index (χ1v) is 30.3. The molecule has 0 heterocycles. The van der Waals surface area contributed by atoms with Gasteiger partial charge in [0.1, 0.15) is 13.2 Å². The monoisotopic (exact) mass is 988 g/mol. The van der Waals surface area contributed by atoms with E-state index in [9.17, 15) is 19.4 Å². The summed E-state index contributed by atoms with van der Waals surface area (Å²) in [5, 5.41) is 13.9. The maximum Gasteiger partial charge on any atom is 0.472 e. The largest absolute Gasteiger partial charge is 0.472 e. The number of aliphatic hydroxyl groups excluding tert-OH is 1. The lowest BCUT2D eigenvalue weighted by molar-refractivity contribution is -0.870. The van der Waals surface area contributed by atoms with E-state index in [0.29, 0.717) is 17.4 Å². The molecule has 3 N–H and O–H groups in total. The van der Waals surface area contributed by atoms with E-state index in [-0.39, 0.29) is 19.1 Å². The summed E-state index contributed by atoms with van der Waals surface area (Å²) < 4.78 is 23.7. The average molecular weight is 989 g/mol. The van der Waals surface area contributed by atoms with Crippen LogP contribution < -0.4 is 5.32 Å². The molecule has 0 aliphatic carbocycles. The summed E-state index contributed by atoms with van der Waals surface area (Å²) in [5.74, 6) is -0.199. The molecule has 0 rings (SSSR count). The molecule has 1 amide bonds. The van der Waals surface area contributed by atoms with Crippen molar-refractivity contribution in [2.75, 3.05) is 40.9 Å². The maximum atomic E-state index is 13.0. The first-order chi connectivity index (χ1) is 33.5. The molecule has 8 nitrogen and oxygen atoms in total. The highest BCUT2D eigenvalue weighted by Crippen LogP contribution is 2.43. The van der Waals surface area contributed by atoms with Gasteiger partial charge in [0.15, 0.2) is 0 Å². The summed E-state index contributed by atoms with van der Waals surface area (Å²) >= 11 is 0. The summed E-state index contributed by atoms with van der Waals surface area (Å²) in [7, 11) is 1.54. The summed E-state index contributed by atoms with van der Waals surface area (Å²) in [6, 6.07) is -0.878. The Morgan fingerprint density at radius 1 is 0.493 bits per heavy atom. The SMILES string of the molecule is CCCCCCC/C=C\C/C=C\C/C=C\CCCCCCCCCCC(=O)NC(COP(=O)(O)OCC[N+](C)(C)C)C(O)/C=C/CC/C=C/CC/C=C/CCCCCCCCCCCCCCCC. The number of carbonyl (C=O) groups is 1. The van der Waals surface area contributed by atoms with Crippen molar-refractivity contribution in [1.29, 1.82) is 0 Å². The van der Waals surface area contributed by atoms with Crippen LogP contribution >= 0.6 is 7.82 Å². The Labute approximate surface area is 427 Å². The van der Waals surface area contributed by atoms with E-state index in [1.165, 1.54) is 167 Å². The van der Waals surface area contributed by atoms with Gasteiger partial charge in [-0.1, -0.05) is 234 Å². The topological polar surface area (TPSA) is 105 Å². The van der Waals surface area contributed by atoms with E-state index in [1.807, 2.05) is 27.2 Å². The van der Waals surface area contributed by atoms with Crippen molar-refractivity contribution in [2.45, 2.75) is 264 Å². The van der Waals surface area contributed by atoms with E-state index in [1.54, 1.807) is 6.08 Å². The van der Waals surface area contributed by atoms with Crippen LogP contribution in [-0.2, 0) is 18.4 Å². The highest BCUT2D eigenvalue weighted by atomic mass is 31.2. The van der Waals surface area contributed by atoms with Crippen molar-refractivity contribution in [2.24, 2.45) is 0 Å². The summed E-state index contributed by atoms with van der Waals surface area (Å²) in [4.78, 5) is 23.3. The van der Waals surface area contributed by atoms with Crippen molar-refractivity contribution < 1.29 is 32.9 Å². The van der Waals surface area contributed by atoms with Gasteiger partial charge in [-0.3, -0.25) is 13.8 Å². The van der Waals surface area contributed by atoms with E-state index >= 15 is 0 Å². The van der Waals surface area contributed by atoms with Crippen LogP contribution in [0.5, 0.6) is 0 Å². The smallest absolute Gasteiger partial charge is 0.387 e. The fraction of sp³-hybridized carbons (Fsp3) is 0.783. The molecule has 0 aromatic rings. The first kappa shape index (κ1) is 66.9. The molecule has 69 heavy (non-hydrogen) atoms. The standard InChI is InChI=1S/C60H111N2O6P/c1-6-8-10-12-14-16-18-20-22-24-26-28-30-32-33-35-37-39-41-43-45-47-49-51-53-59(63)58(57-68-69(65,66)67-56-55-62(3,4)5)61-60(64)54-52-50-48-46-44-42-40-38-36-34-31-29-27-25-23-21-19-17-15-13-11-9-7-2/h19,21,25,27,31,34-35,37,43,45,51,53,58-59,63H,6-18,20,22-24,26,28-30,32-33,36,38-42,44,46-50,52,54-57H2,1-5H3,(H-,61,64,65,66)/p+1/b21-19-,27-25-,34-31-,37-35+,45-43+,53-51+. The van der Waals surface area contributed by atoms with Crippen molar-refractivity contribution in [1.82, 2.24) is 5.32 Å². The third-order valence-electron chi connectivity index (χ3n) is 12.6. The Morgan fingerprint density at radius 2 is 0.841 bits per heavy atom. The van der Waals surface area contributed by atoms with Crippen LogP contribution in [0.4, 0.5) is 0 Å². The number of hydrogen-bond acceptors (Lipinski definition) is 5. The maximum absolute atomic E-state index is 13.0. The predicted molar refractivity (Wildman–Crippen MR) is 300 cm³/mol. The third-order valence-corrected chi connectivity index (χ3v) is 13.6. The van der Waals surface area contributed by atoms with Gasteiger partial charge >= 0.3 is 7.82 Å². The molecule has 0 aromatic carbocycles. The highest BCUT2D eigenvalue weighted by molar-refractivity contribution is 7.47. The molecule has 0 radical (unpaired) electrons. The van der Waals surface area contributed by atoms with E-state index < -0.39 is 20.0 Å². The van der Waals surface area contributed by atoms with Crippen LogP contribution in [0.25, 0.3) is 0 Å². The fourth-order valence-corrected chi connectivity index (χ4v) is 8.82. The highest BCUT2D eigenvalue weighted by Gasteiger charge is 2.27. The fourth-order valence-electron chi connectivity index (χ4n) is 8.08. The van der Waals surface area contributed by atoms with Crippen LogP contribution in [0.3, 0.4) is 0 Å². The Kier molecular flexibility index (Phi) is 49.3. The number of phosphoric ester groups is 1. The van der Waals surface area contributed by atoms with Gasteiger partial charge in [-0.2, -0.15) is 0 Å². The number of amides is 1. The molecule has 0 saturated carbocycles. The minimum Gasteiger partial charge on any atom is -0.387 e. The molecule has 0 bridgehead atoms. The average Bonchev–Trinajstić information content (AvgIpc) is 3.31. The number of allylic oxidation sites excluding steroid dienone is 11. The van der Waals surface area contributed by atoms with Crippen LogP contribution in [0, 0.1) is 0 Å². The van der Waals surface area contributed by atoms with Crippen LogP contribution in [0.15, 0.2) is 72.9 Å². The van der Waals surface area contributed by atoms with Crippen molar-refractivity contribution in [3.63, 3.8) is 0 Å². The van der Waals surface area contributed by atoms with Gasteiger partial charge in [-0.05, 0) is 83.5 Å². The number of nitrogens with one attached hydrogen (secondary N) is 1. The van der Waals surface area contributed by atoms with Gasteiger partial charge in [0.05, 0.1) is 39.9 Å². The van der Waals surface area contributed by atoms with E-state index in [0.717, 1.165) is 64.2 Å². The Bertz CT molecular complexity index is 1350. The number of unbranched alkanes of at least 4 members (excludes halogenated alkanes) is 29. The number of quaternary nitrogens is 1. The number of aliphatic hydroxyl groups is 1. The van der Waals surface area contributed by atoms with Gasteiger partial charge in [-0.15, -0.1) is 0 Å². The number of hydrogen-bond donors (Lipinski definition) is 3. The molecule has 3 atom stereocenters. The number of phosphoric acid groups is 1. The van der Waals surface area contributed by atoms with Gasteiger partial charge in [-0.25, -0.2) is 4.57 Å². The zero-order valence-electron chi connectivity index (χ0n) is 45.8. The lowest BCUT2D eigenvalue weighted by Gasteiger charge is -2.25. The molecule has 0 saturated heterocycles. The first-order valence-electron chi connectivity index (χ1n) is 28.8. The molecule has 0 aliphatic rings. The quantitative estimate of drug-likeness (QED) is 0.0243. The minimum absolute atomic E-state index is 0.0490. The number of likely N-dealkylation sites (N-methyl/N-ethyl adjacent to an activating group) is 1. The van der Waals surface area contributed by atoms with Crippen molar-refractivity contribution in [3.05, 3.63) is 72.9 Å². The molecule has 0 aromatic heterocycles. The zero-order valence-corrected chi connectivity index (χ0v) is 46.7. The summed E-state index contributed by atoms with van der Waals surface area (Å²) in [5.41, 5.74) is 0. The molecule has 3 unspecified atom stereocenters. The normalized spacial score (nSPS) is 14.5. The Balaban J connectivity index is 4.33. The van der Waals surface area contributed by atoms with Gasteiger partial charge < -0.3 is 19.8 Å². The van der Waals surface area contributed by atoms with Gasteiger partial charge in [0.2, 0.25) is 5.91 Å². The summed E-state index contributed by atoms with van der Waals surface area (Å²) in [6.45, 7) is 4.78. The number of carbonyl (C=O) groups excluding carboxylic acids is 1. The molecular weight excluding hydrogens is 876 g/mol. The lowest BCUT2D eigenvalue weighted by Crippen LogP contribution is -2.45. The molecular formula is C60H112N2O6P+. The molecule has 402 valence electrons. The summed E-state index contributed by atoms with van der Waals surface area (Å²) in [6.07, 6.45) is 70.0. The van der Waals surface area contributed by atoms with Crippen molar-refractivity contribution >= 4 is 13.7 Å². The second-order valence-corrected chi connectivity index (χ2v) is 22.1. The van der Waals surface area contributed by atoms with Crippen LogP contribution in [0.2, 0.25) is 0 Å². The number of rotatable bonds is 52. The van der Waals surface area contributed by atoms with Crippen molar-refractivity contribution in [3.8, 4) is 0 Å². The third kappa shape index (κ3) is 53.6. The van der Waals surface area contributed by atoms with E-state index in [4.69, 9.17) is 9.05 Å². The van der Waals surface area contributed by atoms with Gasteiger partial charge in [0, 0.05) is 6.42 Å². The molecule has 9 heteroatoms. The lowest BCUT2D eigenvalue weighted by atomic mass is 10.0. The number of nitrogens with zero attached hydrogens (tertiary/aromatic N) is 1. The zero-order chi connectivity index (χ0) is 50.6. The molecule has 0 aliphatic heterocycles. The van der Waals surface area contributed by atoms with Crippen LogP contribution in [-0.4, -0.2) is 73.4 Å². The van der Waals surface area contributed by atoms with E-state index in [2.05, 4.69) is 79.9 Å². The minimum atomic E-state index is -4.37. The van der Waals surface area contributed by atoms with Gasteiger partial charge in [0.25, 0.3) is 0 Å². The Hall–Kier alpha value is -2.06. The molecule has 0 fully saturated rings. The molecule has 0 spiro atoms. The predicted octanol–water partition coefficient (Wildman–Crippen LogP) is 17.5. The second-order valence-electron chi connectivity index (χ2n) is 20.6. The Morgan fingerprint density at radius 3 is 1.26 bits per heavy atom.